The van der Waals surface area contributed by atoms with E-state index < -0.39 is 0 Å². The van der Waals surface area contributed by atoms with Crippen molar-refractivity contribution < 1.29 is 5.11 Å². The zero-order valence-electron chi connectivity index (χ0n) is 10.1. The molecule has 0 saturated heterocycles. The van der Waals surface area contributed by atoms with E-state index in [2.05, 4.69) is 36.7 Å². The third kappa shape index (κ3) is 3.01. The monoisotopic (exact) mass is 247 g/mol. The molecule has 0 bridgehead atoms. The first-order chi connectivity index (χ1) is 8.16. The van der Waals surface area contributed by atoms with Crippen molar-refractivity contribution in [3.8, 4) is 5.75 Å². The van der Waals surface area contributed by atoms with Gasteiger partial charge in [0.25, 0.3) is 0 Å². The Labute approximate surface area is 106 Å². The summed E-state index contributed by atoms with van der Waals surface area (Å²) < 4.78 is 0. The minimum atomic E-state index is 0.289. The standard InChI is InChI=1S/C14H17NOS/c1-10(2)14(13-7-4-8-17-13)15-11-5-3-6-12(16)9-11/h3-10,14-16H,1-2H3. The Kier molecular flexibility index (Phi) is 3.69. The SMILES string of the molecule is CC(C)C(Nc1cccc(O)c1)c1cccs1. The zero-order valence-corrected chi connectivity index (χ0v) is 10.9. The summed E-state index contributed by atoms with van der Waals surface area (Å²) in [5, 5.41) is 15.0. The van der Waals surface area contributed by atoms with Crippen molar-refractivity contribution in [3.05, 3.63) is 46.7 Å². The lowest BCUT2D eigenvalue weighted by molar-refractivity contribution is 0.475. The number of hydrogen-bond acceptors (Lipinski definition) is 3. The summed E-state index contributed by atoms with van der Waals surface area (Å²) in [5.74, 6) is 0.791. The molecule has 90 valence electrons. The summed E-state index contributed by atoms with van der Waals surface area (Å²) in [6.07, 6.45) is 0. The maximum Gasteiger partial charge on any atom is 0.117 e. The number of nitrogens with one attached hydrogen (secondary N) is 1. The van der Waals surface area contributed by atoms with E-state index in [1.54, 1.807) is 23.5 Å². The molecule has 1 atom stereocenters. The van der Waals surface area contributed by atoms with Crippen LogP contribution in [0.2, 0.25) is 0 Å². The molecular weight excluding hydrogens is 230 g/mol. The van der Waals surface area contributed by atoms with Gasteiger partial charge in [-0.3, -0.25) is 0 Å². The summed E-state index contributed by atoms with van der Waals surface area (Å²) in [4.78, 5) is 1.32. The minimum absolute atomic E-state index is 0.289. The molecule has 2 N–H and O–H groups in total. The molecule has 0 aliphatic rings. The van der Waals surface area contributed by atoms with Crippen molar-refractivity contribution in [2.24, 2.45) is 5.92 Å². The number of rotatable bonds is 4. The van der Waals surface area contributed by atoms with Crippen LogP contribution in [0, 0.1) is 5.92 Å². The molecular formula is C14H17NOS. The molecule has 0 aliphatic carbocycles. The van der Waals surface area contributed by atoms with Crippen molar-refractivity contribution in [1.82, 2.24) is 0 Å². The third-order valence-electron chi connectivity index (χ3n) is 2.68. The van der Waals surface area contributed by atoms with E-state index >= 15 is 0 Å². The van der Waals surface area contributed by atoms with Gasteiger partial charge in [-0.15, -0.1) is 11.3 Å². The summed E-state index contributed by atoms with van der Waals surface area (Å²) in [6, 6.07) is 11.8. The number of benzene rings is 1. The van der Waals surface area contributed by atoms with E-state index in [1.807, 2.05) is 12.1 Å². The lowest BCUT2D eigenvalue weighted by Gasteiger charge is -2.22. The van der Waals surface area contributed by atoms with Crippen LogP contribution in [0.3, 0.4) is 0 Å². The first-order valence-corrected chi connectivity index (χ1v) is 6.64. The summed E-state index contributed by atoms with van der Waals surface area (Å²) >= 11 is 1.76. The number of thiophene rings is 1. The Bertz CT molecular complexity index is 465. The Morgan fingerprint density at radius 1 is 1.18 bits per heavy atom. The van der Waals surface area contributed by atoms with Crippen LogP contribution in [0.15, 0.2) is 41.8 Å². The van der Waals surface area contributed by atoms with Crippen LogP contribution < -0.4 is 5.32 Å². The lowest BCUT2D eigenvalue weighted by atomic mass is 10.0. The molecule has 0 spiro atoms. The molecule has 3 heteroatoms. The molecule has 0 radical (unpaired) electrons. The van der Waals surface area contributed by atoms with Gasteiger partial charge < -0.3 is 10.4 Å². The number of phenols is 1. The van der Waals surface area contributed by atoms with E-state index in [9.17, 15) is 5.11 Å². The molecule has 0 saturated carbocycles. The minimum Gasteiger partial charge on any atom is -0.508 e. The van der Waals surface area contributed by atoms with Crippen molar-refractivity contribution in [3.63, 3.8) is 0 Å². The second-order valence-electron chi connectivity index (χ2n) is 4.43. The van der Waals surface area contributed by atoms with Crippen LogP contribution in [-0.4, -0.2) is 5.11 Å². The quantitative estimate of drug-likeness (QED) is 0.846. The van der Waals surface area contributed by atoms with E-state index in [4.69, 9.17) is 0 Å². The molecule has 1 unspecified atom stereocenters. The first kappa shape index (κ1) is 12.0. The van der Waals surface area contributed by atoms with Crippen LogP contribution in [0.1, 0.15) is 24.8 Å². The van der Waals surface area contributed by atoms with Gasteiger partial charge in [0.05, 0.1) is 6.04 Å². The first-order valence-electron chi connectivity index (χ1n) is 5.76. The Hall–Kier alpha value is -1.48. The Morgan fingerprint density at radius 3 is 2.59 bits per heavy atom. The highest BCUT2D eigenvalue weighted by Crippen LogP contribution is 2.30. The normalized spacial score (nSPS) is 12.6. The third-order valence-corrected chi connectivity index (χ3v) is 3.64. The van der Waals surface area contributed by atoms with Gasteiger partial charge in [-0.1, -0.05) is 26.0 Å². The van der Waals surface area contributed by atoms with Crippen LogP contribution in [0.5, 0.6) is 5.75 Å². The van der Waals surface area contributed by atoms with Gasteiger partial charge >= 0.3 is 0 Å². The predicted octanol–water partition coefficient (Wildman–Crippen LogP) is 4.26. The number of aromatic hydroxyl groups is 1. The van der Waals surface area contributed by atoms with Gasteiger partial charge in [0.2, 0.25) is 0 Å². The van der Waals surface area contributed by atoms with Gasteiger partial charge in [0.15, 0.2) is 0 Å². The Balaban J connectivity index is 2.19. The summed E-state index contributed by atoms with van der Waals surface area (Å²) in [5.41, 5.74) is 0.956. The largest absolute Gasteiger partial charge is 0.508 e. The average Bonchev–Trinajstić information content (AvgIpc) is 2.78. The van der Waals surface area contributed by atoms with E-state index in [-0.39, 0.29) is 6.04 Å². The van der Waals surface area contributed by atoms with Crippen molar-refractivity contribution in [2.45, 2.75) is 19.9 Å². The molecule has 1 aromatic heterocycles. The van der Waals surface area contributed by atoms with Gasteiger partial charge in [-0.25, -0.2) is 0 Å². The Morgan fingerprint density at radius 2 is 2.00 bits per heavy atom. The molecule has 2 aromatic rings. The van der Waals surface area contributed by atoms with Crippen molar-refractivity contribution >= 4 is 17.0 Å². The lowest BCUT2D eigenvalue weighted by Crippen LogP contribution is -2.15. The molecule has 2 nitrogen and oxygen atoms in total. The highest BCUT2D eigenvalue weighted by Gasteiger charge is 2.16. The fourth-order valence-corrected chi connectivity index (χ4v) is 2.76. The molecule has 0 aliphatic heterocycles. The van der Waals surface area contributed by atoms with E-state index in [0.29, 0.717) is 11.7 Å². The van der Waals surface area contributed by atoms with Crippen LogP contribution in [-0.2, 0) is 0 Å². The highest BCUT2D eigenvalue weighted by molar-refractivity contribution is 7.10. The molecule has 1 heterocycles. The molecule has 1 aromatic carbocycles. The van der Waals surface area contributed by atoms with Gasteiger partial charge in [0, 0.05) is 16.6 Å². The molecule has 2 rings (SSSR count). The zero-order chi connectivity index (χ0) is 12.3. The summed E-state index contributed by atoms with van der Waals surface area (Å²) in [7, 11) is 0. The van der Waals surface area contributed by atoms with Crippen molar-refractivity contribution in [1.29, 1.82) is 0 Å². The fourth-order valence-electron chi connectivity index (χ4n) is 1.81. The smallest absolute Gasteiger partial charge is 0.117 e. The number of phenolic OH excluding ortho intramolecular Hbond substituents is 1. The maximum atomic E-state index is 9.46. The van der Waals surface area contributed by atoms with Gasteiger partial charge in [-0.05, 0) is 29.5 Å². The van der Waals surface area contributed by atoms with Gasteiger partial charge in [-0.2, -0.15) is 0 Å². The predicted molar refractivity (Wildman–Crippen MR) is 73.6 cm³/mol. The van der Waals surface area contributed by atoms with E-state index in [1.165, 1.54) is 4.88 Å². The fraction of sp³-hybridized carbons (Fsp3) is 0.286. The van der Waals surface area contributed by atoms with Crippen LogP contribution in [0.25, 0.3) is 0 Å². The number of hydrogen-bond donors (Lipinski definition) is 2. The topological polar surface area (TPSA) is 32.3 Å². The molecule has 0 fully saturated rings. The second-order valence-corrected chi connectivity index (χ2v) is 5.41. The van der Waals surface area contributed by atoms with Gasteiger partial charge in [0.1, 0.15) is 5.75 Å². The average molecular weight is 247 g/mol. The summed E-state index contributed by atoms with van der Waals surface area (Å²) in [6.45, 7) is 4.39. The number of anilines is 1. The van der Waals surface area contributed by atoms with Crippen LogP contribution in [0.4, 0.5) is 5.69 Å². The second kappa shape index (κ2) is 5.23. The van der Waals surface area contributed by atoms with Crippen molar-refractivity contribution in [2.75, 3.05) is 5.32 Å². The van der Waals surface area contributed by atoms with E-state index in [0.717, 1.165) is 5.69 Å². The highest BCUT2D eigenvalue weighted by atomic mass is 32.1. The molecule has 0 amide bonds. The van der Waals surface area contributed by atoms with Crippen LogP contribution >= 0.6 is 11.3 Å². The molecule has 17 heavy (non-hydrogen) atoms. The maximum absolute atomic E-state index is 9.46.